The minimum Gasteiger partial charge on any atom is -0.493 e. The van der Waals surface area contributed by atoms with Gasteiger partial charge < -0.3 is 9.15 Å². The van der Waals surface area contributed by atoms with E-state index in [0.29, 0.717) is 13.2 Å². The SMILES string of the molecule is Cc1occc1-c1nnc(SCCOc2ccccc2)n1Cc1ccccc1. The van der Waals surface area contributed by atoms with Gasteiger partial charge in [-0.1, -0.05) is 60.3 Å². The smallest absolute Gasteiger partial charge is 0.191 e. The van der Waals surface area contributed by atoms with E-state index in [-0.39, 0.29) is 0 Å². The highest BCUT2D eigenvalue weighted by Gasteiger charge is 2.17. The number of ether oxygens (including phenoxy) is 1. The molecule has 0 aliphatic carbocycles. The van der Waals surface area contributed by atoms with Crippen molar-refractivity contribution in [3.05, 3.63) is 84.3 Å². The van der Waals surface area contributed by atoms with Gasteiger partial charge in [0.05, 0.1) is 25.0 Å². The lowest BCUT2D eigenvalue weighted by Crippen LogP contribution is -2.06. The molecule has 0 unspecified atom stereocenters. The van der Waals surface area contributed by atoms with Crippen molar-refractivity contribution in [2.75, 3.05) is 12.4 Å². The van der Waals surface area contributed by atoms with E-state index < -0.39 is 0 Å². The maximum Gasteiger partial charge on any atom is 0.191 e. The normalized spacial score (nSPS) is 10.9. The van der Waals surface area contributed by atoms with Crippen molar-refractivity contribution in [1.82, 2.24) is 14.8 Å². The van der Waals surface area contributed by atoms with Gasteiger partial charge in [0.15, 0.2) is 11.0 Å². The standard InChI is InChI=1S/C22H21N3O2S/c1-17-20(12-13-26-17)21-23-24-22(25(21)16-18-8-4-2-5-9-18)28-15-14-27-19-10-6-3-7-11-19/h2-13H,14-16H2,1H3. The van der Waals surface area contributed by atoms with Gasteiger partial charge in [0.25, 0.3) is 0 Å². The molecule has 2 aromatic heterocycles. The van der Waals surface area contributed by atoms with Crippen molar-refractivity contribution in [2.45, 2.75) is 18.6 Å². The minimum absolute atomic E-state index is 0.604. The monoisotopic (exact) mass is 391 g/mol. The molecule has 142 valence electrons. The third-order valence-electron chi connectivity index (χ3n) is 4.33. The van der Waals surface area contributed by atoms with Crippen molar-refractivity contribution in [1.29, 1.82) is 0 Å². The molecule has 0 N–H and O–H groups in total. The summed E-state index contributed by atoms with van der Waals surface area (Å²) in [6.07, 6.45) is 1.69. The number of hydrogen-bond acceptors (Lipinski definition) is 5. The lowest BCUT2D eigenvalue weighted by molar-refractivity contribution is 0.344. The quantitative estimate of drug-likeness (QED) is 0.310. The molecule has 0 radical (unpaired) electrons. The molecule has 0 atom stereocenters. The number of aromatic nitrogens is 3. The summed E-state index contributed by atoms with van der Waals surface area (Å²) in [7, 11) is 0. The fourth-order valence-corrected chi connectivity index (χ4v) is 3.68. The van der Waals surface area contributed by atoms with Crippen LogP contribution in [0.2, 0.25) is 0 Å². The highest BCUT2D eigenvalue weighted by molar-refractivity contribution is 7.99. The number of benzene rings is 2. The van der Waals surface area contributed by atoms with E-state index >= 15 is 0 Å². The summed E-state index contributed by atoms with van der Waals surface area (Å²) in [5.74, 6) is 3.32. The maximum atomic E-state index is 5.79. The van der Waals surface area contributed by atoms with Crippen LogP contribution >= 0.6 is 11.8 Å². The largest absolute Gasteiger partial charge is 0.493 e. The summed E-state index contributed by atoms with van der Waals surface area (Å²) < 4.78 is 13.4. The van der Waals surface area contributed by atoms with Gasteiger partial charge in [0, 0.05) is 5.75 Å². The molecule has 0 bridgehead atoms. The van der Waals surface area contributed by atoms with Crippen LogP contribution in [0.4, 0.5) is 0 Å². The molecule has 0 aliphatic heterocycles. The van der Waals surface area contributed by atoms with Crippen LogP contribution < -0.4 is 4.74 Å². The molecule has 5 nitrogen and oxygen atoms in total. The zero-order valence-electron chi connectivity index (χ0n) is 15.6. The number of nitrogens with zero attached hydrogens (tertiary/aromatic N) is 3. The predicted molar refractivity (Wildman–Crippen MR) is 111 cm³/mol. The number of hydrogen-bond donors (Lipinski definition) is 0. The molecule has 6 heteroatoms. The lowest BCUT2D eigenvalue weighted by Gasteiger charge is -2.10. The van der Waals surface area contributed by atoms with Crippen molar-refractivity contribution in [3.63, 3.8) is 0 Å². The summed E-state index contributed by atoms with van der Waals surface area (Å²) >= 11 is 1.64. The molecular formula is C22H21N3O2S. The van der Waals surface area contributed by atoms with Crippen molar-refractivity contribution in [3.8, 4) is 17.1 Å². The van der Waals surface area contributed by atoms with Gasteiger partial charge in [-0.2, -0.15) is 0 Å². The molecule has 0 spiro atoms. The molecule has 0 fully saturated rings. The van der Waals surface area contributed by atoms with Crippen LogP contribution in [0.15, 0.2) is 82.6 Å². The first kappa shape index (κ1) is 18.4. The topological polar surface area (TPSA) is 53.1 Å². The summed E-state index contributed by atoms with van der Waals surface area (Å²) in [5, 5.41) is 9.75. The second kappa shape index (κ2) is 8.80. The molecule has 2 heterocycles. The van der Waals surface area contributed by atoms with Crippen LogP contribution in [-0.2, 0) is 6.54 Å². The fourth-order valence-electron chi connectivity index (χ4n) is 2.93. The zero-order valence-corrected chi connectivity index (χ0v) is 16.4. The average molecular weight is 391 g/mol. The number of aryl methyl sites for hydroxylation is 1. The van der Waals surface area contributed by atoms with Gasteiger partial charge in [-0.3, -0.25) is 4.57 Å². The molecule has 0 saturated heterocycles. The van der Waals surface area contributed by atoms with Crippen molar-refractivity contribution >= 4 is 11.8 Å². The van der Waals surface area contributed by atoms with Gasteiger partial charge in [-0.25, -0.2) is 0 Å². The Kier molecular flexibility index (Phi) is 5.77. The Morgan fingerprint density at radius 2 is 1.71 bits per heavy atom. The van der Waals surface area contributed by atoms with Gasteiger partial charge in [-0.05, 0) is 30.7 Å². The summed E-state index contributed by atoms with van der Waals surface area (Å²) in [6, 6.07) is 22.1. The molecule has 0 saturated carbocycles. The minimum atomic E-state index is 0.604. The third-order valence-corrected chi connectivity index (χ3v) is 5.26. The van der Waals surface area contributed by atoms with E-state index in [1.807, 2.05) is 61.5 Å². The Labute approximate surface area is 168 Å². The molecule has 0 aliphatic rings. The zero-order chi connectivity index (χ0) is 19.2. The van der Waals surface area contributed by atoms with E-state index in [0.717, 1.165) is 33.8 Å². The number of furan rings is 1. The van der Waals surface area contributed by atoms with Gasteiger partial charge in [0.2, 0.25) is 0 Å². The molecular weight excluding hydrogens is 370 g/mol. The van der Waals surface area contributed by atoms with E-state index in [9.17, 15) is 0 Å². The van der Waals surface area contributed by atoms with Gasteiger partial charge in [0.1, 0.15) is 11.5 Å². The first-order valence-electron chi connectivity index (χ1n) is 9.13. The van der Waals surface area contributed by atoms with E-state index in [1.165, 1.54) is 5.56 Å². The Balaban J connectivity index is 1.51. The molecule has 4 aromatic rings. The third kappa shape index (κ3) is 4.28. The molecule has 28 heavy (non-hydrogen) atoms. The van der Waals surface area contributed by atoms with Crippen LogP contribution in [0.5, 0.6) is 5.75 Å². The van der Waals surface area contributed by atoms with Crippen LogP contribution in [0.1, 0.15) is 11.3 Å². The van der Waals surface area contributed by atoms with E-state index in [2.05, 4.69) is 26.9 Å². The lowest BCUT2D eigenvalue weighted by atomic mass is 10.2. The molecule has 4 rings (SSSR count). The summed E-state index contributed by atoms with van der Waals surface area (Å²) in [6.45, 7) is 3.25. The Hall–Kier alpha value is -2.99. The maximum absolute atomic E-state index is 5.79. The second-order valence-corrected chi connectivity index (χ2v) is 7.34. The van der Waals surface area contributed by atoms with Gasteiger partial charge >= 0.3 is 0 Å². The number of thioether (sulfide) groups is 1. The summed E-state index contributed by atoms with van der Waals surface area (Å²) in [5.41, 5.74) is 2.17. The van der Waals surface area contributed by atoms with E-state index in [1.54, 1.807) is 18.0 Å². The van der Waals surface area contributed by atoms with Gasteiger partial charge in [-0.15, -0.1) is 10.2 Å². The van der Waals surface area contributed by atoms with Crippen molar-refractivity contribution in [2.24, 2.45) is 0 Å². The highest BCUT2D eigenvalue weighted by atomic mass is 32.2. The predicted octanol–water partition coefficient (Wildman–Crippen LogP) is 5.07. The molecule has 2 aromatic carbocycles. The highest BCUT2D eigenvalue weighted by Crippen LogP contribution is 2.28. The first-order valence-corrected chi connectivity index (χ1v) is 10.1. The Morgan fingerprint density at radius 3 is 2.43 bits per heavy atom. The van der Waals surface area contributed by atoms with Crippen LogP contribution in [0, 0.1) is 6.92 Å². The van der Waals surface area contributed by atoms with Crippen molar-refractivity contribution < 1.29 is 9.15 Å². The van der Waals surface area contributed by atoms with Crippen LogP contribution in [0.25, 0.3) is 11.4 Å². The summed E-state index contributed by atoms with van der Waals surface area (Å²) in [4.78, 5) is 0. The van der Waals surface area contributed by atoms with Crippen LogP contribution in [0.3, 0.4) is 0 Å². The van der Waals surface area contributed by atoms with E-state index in [4.69, 9.17) is 9.15 Å². The second-order valence-electron chi connectivity index (χ2n) is 6.28. The number of para-hydroxylation sites is 1. The Bertz CT molecular complexity index is 1010. The molecule has 0 amide bonds. The average Bonchev–Trinajstić information content (AvgIpc) is 3.33. The number of rotatable bonds is 8. The Morgan fingerprint density at radius 1 is 0.964 bits per heavy atom. The van der Waals surface area contributed by atoms with Crippen LogP contribution in [-0.4, -0.2) is 27.1 Å². The fraction of sp³-hybridized carbons (Fsp3) is 0.182. The first-order chi connectivity index (χ1) is 13.8.